The molecule has 1 saturated heterocycles. The van der Waals surface area contributed by atoms with Crippen molar-refractivity contribution in [3.8, 4) is 0 Å². The third-order valence-electron chi connectivity index (χ3n) is 10.7. The van der Waals surface area contributed by atoms with Crippen molar-refractivity contribution in [3.63, 3.8) is 0 Å². The number of carbonyl (C=O) groups is 2. The van der Waals surface area contributed by atoms with Gasteiger partial charge in [-0.3, -0.25) is 9.59 Å². The molecule has 2 atom stereocenters. The van der Waals surface area contributed by atoms with E-state index in [1.165, 1.54) is 16.6 Å². The van der Waals surface area contributed by atoms with Gasteiger partial charge in [0.15, 0.2) is 0 Å². The molecule has 0 bridgehead atoms. The van der Waals surface area contributed by atoms with E-state index < -0.39 is 5.54 Å². The summed E-state index contributed by atoms with van der Waals surface area (Å²) in [5, 5.41) is 4.51. The summed E-state index contributed by atoms with van der Waals surface area (Å²) >= 11 is 0. The van der Waals surface area contributed by atoms with Gasteiger partial charge in [-0.05, 0) is 85.8 Å². The van der Waals surface area contributed by atoms with Gasteiger partial charge in [-0.15, -0.1) is 0 Å². The number of morpholine rings is 1. The van der Waals surface area contributed by atoms with Crippen LogP contribution in [0.5, 0.6) is 0 Å². The number of amides is 2. The summed E-state index contributed by atoms with van der Waals surface area (Å²) in [6.07, 6.45) is 5.93. The Labute approximate surface area is 249 Å². The number of aromatic amines is 1. The van der Waals surface area contributed by atoms with Crippen molar-refractivity contribution >= 4 is 34.1 Å². The van der Waals surface area contributed by atoms with E-state index in [1.54, 1.807) is 0 Å². The molecule has 7 heteroatoms. The predicted octanol–water partition coefficient (Wildman–Crippen LogP) is 6.39. The summed E-state index contributed by atoms with van der Waals surface area (Å²) in [5.41, 5.74) is 4.95. The van der Waals surface area contributed by atoms with Crippen LogP contribution in [0, 0.1) is 18.3 Å². The highest BCUT2D eigenvalue weighted by Gasteiger charge is 2.61. The number of H-pyrrole nitrogens is 1. The van der Waals surface area contributed by atoms with E-state index in [1.807, 2.05) is 12.1 Å². The summed E-state index contributed by atoms with van der Waals surface area (Å²) in [6.45, 7) is 10.0. The van der Waals surface area contributed by atoms with Gasteiger partial charge in [0.1, 0.15) is 5.54 Å². The quantitative estimate of drug-likeness (QED) is 0.330. The van der Waals surface area contributed by atoms with Crippen molar-refractivity contribution in [2.45, 2.75) is 83.2 Å². The topological polar surface area (TPSA) is 77.7 Å². The number of aryl methyl sites for hydroxylation is 1. The third kappa shape index (κ3) is 4.70. The first kappa shape index (κ1) is 27.5. The molecule has 2 heterocycles. The van der Waals surface area contributed by atoms with Crippen LogP contribution in [-0.2, 0) is 14.3 Å². The van der Waals surface area contributed by atoms with Gasteiger partial charge >= 0.3 is 0 Å². The van der Waals surface area contributed by atoms with Crippen LogP contribution >= 0.6 is 0 Å². The van der Waals surface area contributed by atoms with E-state index in [-0.39, 0.29) is 29.2 Å². The molecule has 2 amide bonds. The smallest absolute Gasteiger partial charge is 0.250 e. The number of para-hydroxylation sites is 1. The molecular formula is C35H44N4O3. The molecule has 1 aromatic heterocycles. The molecule has 42 heavy (non-hydrogen) atoms. The zero-order chi connectivity index (χ0) is 29.1. The fourth-order valence-corrected chi connectivity index (χ4v) is 8.17. The van der Waals surface area contributed by atoms with Crippen LogP contribution in [0.1, 0.15) is 76.0 Å². The third-order valence-corrected chi connectivity index (χ3v) is 10.7. The minimum atomic E-state index is -0.758. The molecule has 4 fully saturated rings. The molecule has 0 unspecified atom stereocenters. The average Bonchev–Trinajstić information content (AvgIpc) is 3.78. The van der Waals surface area contributed by atoms with E-state index in [4.69, 9.17) is 4.74 Å². The summed E-state index contributed by atoms with van der Waals surface area (Å²) in [6, 6.07) is 16.8. The van der Waals surface area contributed by atoms with E-state index >= 15 is 0 Å². The predicted molar refractivity (Wildman–Crippen MR) is 167 cm³/mol. The maximum absolute atomic E-state index is 14.3. The SMILES string of the molecule is Cc1[nH]c2ccccc2c1[C@@H]1[C@H](CC(=O)N(C2CC2)C2(C(=O)Nc3ccc(N4CCOCC4)cc3)CCCC2)C1(C)C. The number of anilines is 2. The number of rotatable bonds is 8. The molecule has 0 radical (unpaired) electrons. The van der Waals surface area contributed by atoms with E-state index in [0.29, 0.717) is 12.3 Å². The molecular weight excluding hydrogens is 524 g/mol. The Kier molecular flexibility index (Phi) is 6.84. The van der Waals surface area contributed by atoms with Crippen molar-refractivity contribution in [3.05, 3.63) is 59.8 Å². The number of fused-ring (bicyclic) bond motifs is 1. The highest BCUT2D eigenvalue weighted by molar-refractivity contribution is 6.01. The number of aromatic nitrogens is 1. The van der Waals surface area contributed by atoms with Crippen LogP contribution in [0.15, 0.2) is 48.5 Å². The van der Waals surface area contributed by atoms with Crippen LogP contribution in [0.4, 0.5) is 11.4 Å². The Morgan fingerprint density at radius 2 is 1.71 bits per heavy atom. The molecule has 1 aliphatic heterocycles. The van der Waals surface area contributed by atoms with Gasteiger partial charge in [0.05, 0.1) is 13.2 Å². The summed E-state index contributed by atoms with van der Waals surface area (Å²) in [7, 11) is 0. The number of ether oxygens (including phenoxy) is 1. The highest BCUT2D eigenvalue weighted by Crippen LogP contribution is 2.67. The first-order chi connectivity index (χ1) is 20.3. The minimum absolute atomic E-state index is 0.0153. The molecule has 3 aliphatic carbocycles. The lowest BCUT2D eigenvalue weighted by atomic mass is 9.91. The molecule has 2 aromatic carbocycles. The van der Waals surface area contributed by atoms with Gasteiger partial charge in [-0.1, -0.05) is 44.9 Å². The van der Waals surface area contributed by atoms with E-state index in [0.717, 1.165) is 81.7 Å². The lowest BCUT2D eigenvalue weighted by Crippen LogP contribution is -2.58. The van der Waals surface area contributed by atoms with Crippen LogP contribution in [0.2, 0.25) is 0 Å². The van der Waals surface area contributed by atoms with Gasteiger partial charge in [0, 0.05) is 53.5 Å². The fourth-order valence-electron chi connectivity index (χ4n) is 8.17. The molecule has 4 aliphatic rings. The Bertz CT molecular complexity index is 1480. The first-order valence-corrected chi connectivity index (χ1v) is 15.9. The summed E-state index contributed by atoms with van der Waals surface area (Å²) in [5.74, 6) is 0.740. The van der Waals surface area contributed by atoms with Crippen molar-refractivity contribution in [2.75, 3.05) is 36.5 Å². The molecule has 3 saturated carbocycles. The molecule has 0 spiro atoms. The van der Waals surface area contributed by atoms with Crippen LogP contribution in [0.25, 0.3) is 10.9 Å². The van der Waals surface area contributed by atoms with Crippen molar-refractivity contribution in [1.82, 2.24) is 9.88 Å². The fraction of sp³-hybridized carbons (Fsp3) is 0.543. The Balaban J connectivity index is 1.10. The van der Waals surface area contributed by atoms with Crippen molar-refractivity contribution in [2.24, 2.45) is 11.3 Å². The molecule has 3 aromatic rings. The summed E-state index contributed by atoms with van der Waals surface area (Å²) < 4.78 is 5.49. The number of hydrogen-bond acceptors (Lipinski definition) is 4. The van der Waals surface area contributed by atoms with Crippen molar-refractivity contribution in [1.29, 1.82) is 0 Å². The lowest BCUT2D eigenvalue weighted by molar-refractivity contribution is -0.146. The molecule has 2 N–H and O–H groups in total. The Hall–Kier alpha value is -3.32. The minimum Gasteiger partial charge on any atom is -0.378 e. The summed E-state index contributed by atoms with van der Waals surface area (Å²) in [4.78, 5) is 36.4. The number of nitrogens with zero attached hydrogens (tertiary/aromatic N) is 2. The van der Waals surface area contributed by atoms with Gasteiger partial charge in [-0.25, -0.2) is 0 Å². The zero-order valence-corrected chi connectivity index (χ0v) is 25.2. The average molecular weight is 569 g/mol. The normalized spacial score (nSPS) is 24.5. The number of carbonyl (C=O) groups excluding carboxylic acids is 2. The van der Waals surface area contributed by atoms with Gasteiger partial charge in [0.25, 0.3) is 0 Å². The van der Waals surface area contributed by atoms with Crippen LogP contribution < -0.4 is 10.2 Å². The number of benzene rings is 2. The van der Waals surface area contributed by atoms with E-state index in [9.17, 15) is 9.59 Å². The van der Waals surface area contributed by atoms with Gasteiger partial charge in [-0.2, -0.15) is 0 Å². The second-order valence-electron chi connectivity index (χ2n) is 13.7. The van der Waals surface area contributed by atoms with Crippen LogP contribution in [-0.4, -0.2) is 59.6 Å². The second kappa shape index (κ2) is 10.4. The van der Waals surface area contributed by atoms with Gasteiger partial charge < -0.3 is 24.8 Å². The molecule has 7 rings (SSSR count). The number of nitrogens with one attached hydrogen (secondary N) is 2. The monoisotopic (exact) mass is 568 g/mol. The first-order valence-electron chi connectivity index (χ1n) is 15.9. The van der Waals surface area contributed by atoms with Crippen molar-refractivity contribution < 1.29 is 14.3 Å². The Morgan fingerprint density at radius 3 is 2.40 bits per heavy atom. The van der Waals surface area contributed by atoms with E-state index in [2.05, 4.69) is 77.3 Å². The largest absolute Gasteiger partial charge is 0.378 e. The maximum atomic E-state index is 14.3. The maximum Gasteiger partial charge on any atom is 0.250 e. The van der Waals surface area contributed by atoms with Crippen LogP contribution in [0.3, 0.4) is 0 Å². The number of hydrogen-bond donors (Lipinski definition) is 2. The standard InChI is InChI=1S/C35H44N4O3/c1-23-31(27-8-4-5-9-29(27)36-23)32-28(34(32,2)3)22-30(40)39(26-14-15-26)35(16-6-7-17-35)33(41)37-24-10-12-25(13-11-24)38-18-20-42-21-19-38/h4-5,8-13,26,28,32,36H,6-7,14-22H2,1-3H3,(H,37,41)/t28-,32-/m0/s1. The molecule has 7 nitrogen and oxygen atoms in total. The van der Waals surface area contributed by atoms with Gasteiger partial charge in [0.2, 0.25) is 11.8 Å². The molecule has 222 valence electrons. The second-order valence-corrected chi connectivity index (χ2v) is 13.7. The zero-order valence-electron chi connectivity index (χ0n) is 25.2. The highest BCUT2D eigenvalue weighted by atomic mass is 16.5. The Morgan fingerprint density at radius 1 is 1.02 bits per heavy atom. The lowest BCUT2D eigenvalue weighted by Gasteiger charge is -2.40.